The number of ether oxygens (including phenoxy) is 3. The molecule has 0 aliphatic carbocycles. The van der Waals surface area contributed by atoms with E-state index in [1.807, 2.05) is 13.8 Å². The van der Waals surface area contributed by atoms with Gasteiger partial charge in [0.1, 0.15) is 12.7 Å². The minimum Gasteiger partial charge on any atom is -0.463 e. The lowest BCUT2D eigenvalue weighted by molar-refractivity contribution is -0.158. The molecule has 0 aromatic carbocycles. The lowest BCUT2D eigenvalue weighted by Gasteiger charge is -2.16. The van der Waals surface area contributed by atoms with E-state index in [-0.39, 0.29) is 18.7 Å². The van der Waals surface area contributed by atoms with Gasteiger partial charge < -0.3 is 14.2 Å². The molecule has 0 spiro atoms. The highest BCUT2D eigenvalue weighted by molar-refractivity contribution is 5.68. The lowest BCUT2D eigenvalue weighted by atomic mass is 10.4. The highest BCUT2D eigenvalue weighted by Gasteiger charge is 2.33. The molecule has 0 radical (unpaired) electrons. The zero-order valence-electron chi connectivity index (χ0n) is 8.33. The number of carbonyl (C=O) groups is 1. The Morgan fingerprint density at radius 3 is 2.77 bits per heavy atom. The van der Waals surface area contributed by atoms with Crippen LogP contribution in [0.4, 0.5) is 0 Å². The van der Waals surface area contributed by atoms with E-state index in [1.165, 1.54) is 0 Å². The maximum absolute atomic E-state index is 10.8. The molecule has 1 heterocycles. The zero-order valence-corrected chi connectivity index (χ0v) is 8.33. The van der Waals surface area contributed by atoms with Crippen molar-refractivity contribution in [3.63, 3.8) is 0 Å². The maximum Gasteiger partial charge on any atom is 0.305 e. The van der Waals surface area contributed by atoms with Crippen LogP contribution in [0.15, 0.2) is 0 Å². The predicted octanol–water partition coefficient (Wildman–Crippen LogP) is 1.09. The summed E-state index contributed by atoms with van der Waals surface area (Å²) in [6, 6.07) is 0. The molecule has 0 saturated carbocycles. The van der Waals surface area contributed by atoms with Gasteiger partial charge in [-0.15, -0.1) is 0 Å². The molecule has 0 unspecified atom stereocenters. The molecular weight excluding hydrogens is 172 g/mol. The third-order valence-electron chi connectivity index (χ3n) is 1.79. The van der Waals surface area contributed by atoms with Crippen LogP contribution in [0.5, 0.6) is 0 Å². The molecule has 4 heteroatoms. The van der Waals surface area contributed by atoms with Crippen molar-refractivity contribution in [2.24, 2.45) is 0 Å². The summed E-state index contributed by atoms with van der Waals surface area (Å²) in [4.78, 5) is 10.8. The number of carbonyl (C=O) groups excluding carboxylic acids is 1. The lowest BCUT2D eigenvalue weighted by Crippen LogP contribution is -2.25. The van der Waals surface area contributed by atoms with Crippen molar-refractivity contribution in [1.82, 2.24) is 0 Å². The van der Waals surface area contributed by atoms with Crippen molar-refractivity contribution >= 4 is 5.97 Å². The smallest absolute Gasteiger partial charge is 0.305 e. The van der Waals surface area contributed by atoms with E-state index in [0.29, 0.717) is 13.0 Å². The molecule has 1 saturated heterocycles. The van der Waals surface area contributed by atoms with Crippen molar-refractivity contribution in [1.29, 1.82) is 0 Å². The topological polar surface area (TPSA) is 44.8 Å². The monoisotopic (exact) mass is 188 g/mol. The van der Waals surface area contributed by atoms with Crippen molar-refractivity contribution in [3.05, 3.63) is 0 Å². The van der Waals surface area contributed by atoms with Crippen LogP contribution in [0.3, 0.4) is 0 Å². The second-order valence-electron chi connectivity index (χ2n) is 3.49. The van der Waals surface area contributed by atoms with E-state index in [9.17, 15) is 4.79 Å². The molecule has 1 fully saturated rings. The van der Waals surface area contributed by atoms with Crippen molar-refractivity contribution in [3.8, 4) is 0 Å². The van der Waals surface area contributed by atoms with Crippen LogP contribution in [-0.2, 0) is 19.0 Å². The Kier molecular flexibility index (Phi) is 3.27. The Labute approximate surface area is 78.2 Å². The molecule has 1 atom stereocenters. The number of esters is 1. The van der Waals surface area contributed by atoms with Gasteiger partial charge in [0.2, 0.25) is 0 Å². The van der Waals surface area contributed by atoms with Gasteiger partial charge in [-0.2, -0.15) is 0 Å². The van der Waals surface area contributed by atoms with E-state index in [2.05, 4.69) is 0 Å². The Balaban J connectivity index is 2.21. The highest BCUT2D eigenvalue weighted by Crippen LogP contribution is 2.22. The summed E-state index contributed by atoms with van der Waals surface area (Å²) in [5.74, 6) is -0.739. The molecule has 0 aromatic heterocycles. The Morgan fingerprint density at radius 1 is 1.62 bits per heavy atom. The summed E-state index contributed by atoms with van der Waals surface area (Å²) < 4.78 is 15.7. The third kappa shape index (κ3) is 3.32. The van der Waals surface area contributed by atoms with Gasteiger partial charge in [-0.1, -0.05) is 6.92 Å². The Morgan fingerprint density at radius 2 is 2.31 bits per heavy atom. The highest BCUT2D eigenvalue weighted by atomic mass is 16.7. The standard InChI is InChI=1S/C9H16O4/c1-4-8(10)11-5-7-6-12-9(2,3)13-7/h7H,4-6H2,1-3H3/t7-/m0/s1. The van der Waals surface area contributed by atoms with E-state index in [0.717, 1.165) is 0 Å². The van der Waals surface area contributed by atoms with Gasteiger partial charge in [-0.25, -0.2) is 0 Å². The summed E-state index contributed by atoms with van der Waals surface area (Å²) in [6.45, 7) is 6.22. The van der Waals surface area contributed by atoms with Crippen LogP contribution in [-0.4, -0.2) is 31.1 Å². The van der Waals surface area contributed by atoms with Crippen LogP contribution >= 0.6 is 0 Å². The fourth-order valence-electron chi connectivity index (χ4n) is 1.13. The summed E-state index contributed by atoms with van der Waals surface area (Å²) in [6.07, 6.45) is 0.280. The molecule has 0 amide bonds. The molecule has 4 nitrogen and oxygen atoms in total. The largest absolute Gasteiger partial charge is 0.463 e. The Bertz CT molecular complexity index is 188. The van der Waals surface area contributed by atoms with Crippen molar-refractivity contribution < 1.29 is 19.0 Å². The van der Waals surface area contributed by atoms with Crippen LogP contribution < -0.4 is 0 Å². The first kappa shape index (κ1) is 10.5. The molecule has 76 valence electrons. The second-order valence-corrected chi connectivity index (χ2v) is 3.49. The minimum atomic E-state index is -0.538. The molecule has 1 aliphatic rings. The second kappa shape index (κ2) is 4.07. The summed E-state index contributed by atoms with van der Waals surface area (Å²) in [5, 5.41) is 0. The van der Waals surface area contributed by atoms with E-state index in [4.69, 9.17) is 14.2 Å². The number of hydrogen-bond acceptors (Lipinski definition) is 4. The van der Waals surface area contributed by atoms with Crippen LogP contribution in [0.25, 0.3) is 0 Å². The molecular formula is C9H16O4. The average Bonchev–Trinajstić information content (AvgIpc) is 2.41. The number of hydrogen-bond donors (Lipinski definition) is 0. The van der Waals surface area contributed by atoms with Crippen LogP contribution in [0, 0.1) is 0 Å². The fourth-order valence-corrected chi connectivity index (χ4v) is 1.13. The van der Waals surface area contributed by atoms with Gasteiger partial charge in [0.25, 0.3) is 0 Å². The molecule has 1 rings (SSSR count). The van der Waals surface area contributed by atoms with Crippen LogP contribution in [0.2, 0.25) is 0 Å². The van der Waals surface area contributed by atoms with Gasteiger partial charge >= 0.3 is 5.97 Å². The van der Waals surface area contributed by atoms with Gasteiger partial charge in [-0.3, -0.25) is 4.79 Å². The first-order valence-electron chi connectivity index (χ1n) is 4.51. The molecule has 0 N–H and O–H groups in total. The minimum absolute atomic E-state index is 0.120. The van der Waals surface area contributed by atoms with Gasteiger partial charge in [-0.05, 0) is 13.8 Å². The van der Waals surface area contributed by atoms with Gasteiger partial charge in [0, 0.05) is 6.42 Å². The first-order valence-corrected chi connectivity index (χ1v) is 4.51. The summed E-state index contributed by atoms with van der Waals surface area (Å²) in [5.41, 5.74) is 0. The van der Waals surface area contributed by atoms with E-state index < -0.39 is 5.79 Å². The average molecular weight is 188 g/mol. The first-order chi connectivity index (χ1) is 6.03. The van der Waals surface area contributed by atoms with Crippen molar-refractivity contribution in [2.45, 2.75) is 39.1 Å². The summed E-state index contributed by atoms with van der Waals surface area (Å²) in [7, 11) is 0. The van der Waals surface area contributed by atoms with E-state index in [1.54, 1.807) is 6.92 Å². The predicted molar refractivity (Wildman–Crippen MR) is 46.2 cm³/mol. The normalized spacial score (nSPS) is 25.9. The molecule has 13 heavy (non-hydrogen) atoms. The zero-order chi connectivity index (χ0) is 9.90. The van der Waals surface area contributed by atoms with Crippen LogP contribution in [0.1, 0.15) is 27.2 Å². The molecule has 1 aliphatic heterocycles. The fraction of sp³-hybridized carbons (Fsp3) is 0.889. The number of rotatable bonds is 3. The molecule has 0 bridgehead atoms. The van der Waals surface area contributed by atoms with Gasteiger partial charge in [0.15, 0.2) is 5.79 Å². The van der Waals surface area contributed by atoms with E-state index >= 15 is 0 Å². The quantitative estimate of drug-likeness (QED) is 0.622. The third-order valence-corrected chi connectivity index (χ3v) is 1.79. The molecule has 0 aromatic rings. The summed E-state index contributed by atoms with van der Waals surface area (Å²) >= 11 is 0. The van der Waals surface area contributed by atoms with Gasteiger partial charge in [0.05, 0.1) is 6.61 Å². The SMILES string of the molecule is CCC(=O)OC[C@H]1COC(C)(C)O1. The van der Waals surface area contributed by atoms with Crippen molar-refractivity contribution in [2.75, 3.05) is 13.2 Å². The maximum atomic E-state index is 10.8. The Hall–Kier alpha value is -0.610.